The topological polar surface area (TPSA) is 18.5 Å². The number of benzene rings is 1. The van der Waals surface area contributed by atoms with Crippen LogP contribution in [0.2, 0.25) is 0 Å². The molecule has 28 heavy (non-hydrogen) atoms. The number of alkyl halides is 3. The molecule has 2 nitrogen and oxygen atoms in total. The molecular formula is C23H27F3O2. The van der Waals surface area contributed by atoms with Gasteiger partial charge in [0.1, 0.15) is 6.10 Å². The Kier molecular flexibility index (Phi) is 7.20. The molecule has 1 heterocycles. The number of ether oxygens (including phenoxy) is 2. The Morgan fingerprint density at radius 3 is 2.32 bits per heavy atom. The zero-order valence-electron chi connectivity index (χ0n) is 16.0. The normalized spacial score (nSPS) is 28.2. The highest BCUT2D eigenvalue weighted by molar-refractivity contribution is 5.37. The molecule has 2 atom stereocenters. The molecule has 0 N–H and O–H groups in total. The van der Waals surface area contributed by atoms with Gasteiger partial charge in [-0.15, -0.1) is 6.58 Å². The van der Waals surface area contributed by atoms with Gasteiger partial charge in [0.25, 0.3) is 0 Å². The molecule has 2 aliphatic rings. The summed E-state index contributed by atoms with van der Waals surface area (Å²) < 4.78 is 49.6. The molecule has 1 aromatic carbocycles. The van der Waals surface area contributed by atoms with Crippen LogP contribution in [0, 0.1) is 23.7 Å². The van der Waals surface area contributed by atoms with Crippen molar-refractivity contribution in [1.29, 1.82) is 0 Å². The fourth-order valence-corrected chi connectivity index (χ4v) is 3.98. The molecule has 3 rings (SSSR count). The average Bonchev–Trinajstić information content (AvgIpc) is 2.71. The number of allylic oxidation sites excluding steroid dienone is 1. The Hall–Kier alpha value is -1.77. The predicted molar refractivity (Wildman–Crippen MR) is 103 cm³/mol. The number of halogens is 3. The zero-order chi connectivity index (χ0) is 20.0. The number of rotatable bonds is 4. The molecule has 0 spiro atoms. The summed E-state index contributed by atoms with van der Waals surface area (Å²) >= 11 is 0. The maximum absolute atomic E-state index is 12.6. The zero-order valence-corrected chi connectivity index (χ0v) is 16.0. The Morgan fingerprint density at radius 2 is 1.75 bits per heavy atom. The predicted octanol–water partition coefficient (Wildman–Crippen LogP) is 5.61. The van der Waals surface area contributed by atoms with E-state index in [9.17, 15) is 13.2 Å². The van der Waals surface area contributed by atoms with Crippen LogP contribution in [0.15, 0.2) is 36.9 Å². The lowest BCUT2D eigenvalue weighted by molar-refractivity contribution is -0.138. The van der Waals surface area contributed by atoms with Gasteiger partial charge in [-0.1, -0.05) is 30.8 Å². The van der Waals surface area contributed by atoms with Crippen LogP contribution in [0.3, 0.4) is 0 Å². The largest absolute Gasteiger partial charge is 0.416 e. The van der Waals surface area contributed by atoms with E-state index in [-0.39, 0.29) is 12.2 Å². The van der Waals surface area contributed by atoms with Crippen LogP contribution in [-0.4, -0.2) is 25.4 Å². The van der Waals surface area contributed by atoms with E-state index >= 15 is 0 Å². The standard InChI is InChI=1S/C23H27F3O2/c1-2-3-4-17-5-10-19(11-6-17)22-16-27-21(15-28-22)14-9-18-7-12-20(13-8-18)23(24,25)26/h2,7-8,12-13,17,19,21-22H,1,3-6,10-11,15-16H2/t17-,19-,21?,22?. The molecule has 5 heteroatoms. The van der Waals surface area contributed by atoms with Gasteiger partial charge in [0.15, 0.2) is 0 Å². The fraction of sp³-hybridized carbons (Fsp3) is 0.565. The molecular weight excluding hydrogens is 365 g/mol. The van der Waals surface area contributed by atoms with Crippen LogP contribution in [0.25, 0.3) is 0 Å². The second-order valence-corrected chi connectivity index (χ2v) is 7.69. The molecule has 1 saturated heterocycles. The van der Waals surface area contributed by atoms with Crippen LogP contribution in [-0.2, 0) is 15.7 Å². The van der Waals surface area contributed by atoms with Crippen molar-refractivity contribution in [3.63, 3.8) is 0 Å². The van der Waals surface area contributed by atoms with Crippen LogP contribution < -0.4 is 0 Å². The summed E-state index contributed by atoms with van der Waals surface area (Å²) in [5.74, 6) is 7.20. The first-order chi connectivity index (χ1) is 13.5. The summed E-state index contributed by atoms with van der Waals surface area (Å²) in [6, 6.07) is 4.85. The first-order valence-corrected chi connectivity index (χ1v) is 9.98. The van der Waals surface area contributed by atoms with Crippen LogP contribution in [0.5, 0.6) is 0 Å². The molecule has 1 aliphatic heterocycles. The summed E-state index contributed by atoms with van der Waals surface area (Å²) in [4.78, 5) is 0. The van der Waals surface area contributed by atoms with E-state index < -0.39 is 11.7 Å². The van der Waals surface area contributed by atoms with E-state index in [2.05, 4.69) is 18.4 Å². The second-order valence-electron chi connectivity index (χ2n) is 7.69. The second kappa shape index (κ2) is 9.62. The third kappa shape index (κ3) is 5.86. The Labute approximate surface area is 165 Å². The Bertz CT molecular complexity index is 683. The van der Waals surface area contributed by atoms with Gasteiger partial charge >= 0.3 is 6.18 Å². The average molecular weight is 392 g/mol. The minimum Gasteiger partial charge on any atom is -0.372 e. The molecule has 0 radical (unpaired) electrons. The maximum atomic E-state index is 12.6. The highest BCUT2D eigenvalue weighted by Gasteiger charge is 2.32. The van der Waals surface area contributed by atoms with Crippen molar-refractivity contribution < 1.29 is 22.6 Å². The lowest BCUT2D eigenvalue weighted by atomic mass is 9.77. The van der Waals surface area contributed by atoms with E-state index in [0.29, 0.717) is 24.7 Å². The minimum absolute atomic E-state index is 0.129. The molecule has 0 amide bonds. The van der Waals surface area contributed by atoms with Gasteiger partial charge in [-0.05, 0) is 61.8 Å². The molecule has 0 aromatic heterocycles. The minimum atomic E-state index is -4.33. The molecule has 2 fully saturated rings. The lowest BCUT2D eigenvalue weighted by Crippen LogP contribution is -2.40. The molecule has 0 bridgehead atoms. The van der Waals surface area contributed by atoms with E-state index in [1.165, 1.54) is 44.2 Å². The first-order valence-electron chi connectivity index (χ1n) is 9.98. The highest BCUT2D eigenvalue weighted by atomic mass is 19.4. The maximum Gasteiger partial charge on any atom is 0.416 e. The monoisotopic (exact) mass is 392 g/mol. The van der Waals surface area contributed by atoms with E-state index in [0.717, 1.165) is 24.5 Å². The molecule has 2 unspecified atom stereocenters. The summed E-state index contributed by atoms with van der Waals surface area (Å²) in [5, 5.41) is 0. The van der Waals surface area contributed by atoms with Gasteiger partial charge in [0.05, 0.1) is 24.9 Å². The van der Waals surface area contributed by atoms with Crippen molar-refractivity contribution in [3.8, 4) is 11.8 Å². The van der Waals surface area contributed by atoms with E-state index in [1.54, 1.807) is 0 Å². The molecule has 1 aromatic rings. The number of hydrogen-bond donors (Lipinski definition) is 0. The quantitative estimate of drug-likeness (QED) is 0.490. The van der Waals surface area contributed by atoms with Gasteiger partial charge in [-0.2, -0.15) is 13.2 Å². The summed E-state index contributed by atoms with van der Waals surface area (Å²) in [6.45, 7) is 4.74. The Balaban J connectivity index is 1.44. The van der Waals surface area contributed by atoms with Crippen LogP contribution in [0.4, 0.5) is 13.2 Å². The van der Waals surface area contributed by atoms with Crippen molar-refractivity contribution in [2.75, 3.05) is 13.2 Å². The van der Waals surface area contributed by atoms with E-state index in [4.69, 9.17) is 9.47 Å². The van der Waals surface area contributed by atoms with Gasteiger partial charge in [-0.3, -0.25) is 0 Å². The van der Waals surface area contributed by atoms with E-state index in [1.807, 2.05) is 6.08 Å². The SMILES string of the molecule is C=CCC[C@H]1CC[C@H](C2COC(C#Cc3ccc(C(F)(F)F)cc3)CO2)CC1. The molecule has 1 saturated carbocycles. The first kappa shape index (κ1) is 21.0. The smallest absolute Gasteiger partial charge is 0.372 e. The van der Waals surface area contributed by atoms with Crippen molar-refractivity contribution in [2.24, 2.45) is 11.8 Å². The van der Waals surface area contributed by atoms with Gasteiger partial charge < -0.3 is 9.47 Å². The molecule has 152 valence electrons. The summed E-state index contributed by atoms with van der Waals surface area (Å²) in [6.07, 6.45) is 4.65. The summed E-state index contributed by atoms with van der Waals surface area (Å²) in [7, 11) is 0. The molecule has 1 aliphatic carbocycles. The van der Waals surface area contributed by atoms with Crippen LogP contribution in [0.1, 0.15) is 49.7 Å². The van der Waals surface area contributed by atoms with Crippen molar-refractivity contribution in [3.05, 3.63) is 48.0 Å². The van der Waals surface area contributed by atoms with Crippen LogP contribution >= 0.6 is 0 Å². The van der Waals surface area contributed by atoms with Crippen molar-refractivity contribution >= 4 is 0 Å². The van der Waals surface area contributed by atoms with Gasteiger partial charge in [0.2, 0.25) is 0 Å². The lowest BCUT2D eigenvalue weighted by Gasteiger charge is -2.36. The third-order valence-corrected chi connectivity index (χ3v) is 5.71. The summed E-state index contributed by atoms with van der Waals surface area (Å²) in [5.41, 5.74) is -0.131. The van der Waals surface area contributed by atoms with Gasteiger partial charge in [0, 0.05) is 5.56 Å². The van der Waals surface area contributed by atoms with Crippen molar-refractivity contribution in [1.82, 2.24) is 0 Å². The third-order valence-electron chi connectivity index (χ3n) is 5.71. The fourth-order valence-electron chi connectivity index (χ4n) is 3.98. The van der Waals surface area contributed by atoms with Crippen molar-refractivity contribution in [2.45, 2.75) is 56.9 Å². The van der Waals surface area contributed by atoms with Gasteiger partial charge in [-0.25, -0.2) is 0 Å². The highest BCUT2D eigenvalue weighted by Crippen LogP contribution is 2.35. The Morgan fingerprint density at radius 1 is 1.04 bits per heavy atom. The number of hydrogen-bond acceptors (Lipinski definition) is 2.